The van der Waals surface area contributed by atoms with Gasteiger partial charge in [0.15, 0.2) is 5.69 Å². The molecule has 1 N–H and O–H groups in total. The van der Waals surface area contributed by atoms with Crippen LogP contribution in [0.1, 0.15) is 30.3 Å². The lowest BCUT2D eigenvalue weighted by Gasteiger charge is -2.08. The molecule has 21 heavy (non-hydrogen) atoms. The Morgan fingerprint density at radius 3 is 2.86 bits per heavy atom. The summed E-state index contributed by atoms with van der Waals surface area (Å²) >= 11 is 0. The minimum Gasteiger partial charge on any atom is -0.461 e. The molecule has 0 saturated carbocycles. The summed E-state index contributed by atoms with van der Waals surface area (Å²) in [5, 5.41) is 16.8. The second kappa shape index (κ2) is 6.98. The Labute approximate surface area is 122 Å². The Morgan fingerprint density at radius 1 is 1.43 bits per heavy atom. The first kappa shape index (κ1) is 15.2. The fourth-order valence-electron chi connectivity index (χ4n) is 2.02. The van der Waals surface area contributed by atoms with Crippen molar-refractivity contribution >= 4 is 5.97 Å². The Hall–Kier alpha value is -2.22. The Kier molecular flexibility index (Phi) is 5.04. The van der Waals surface area contributed by atoms with Crippen molar-refractivity contribution in [2.45, 2.75) is 26.3 Å². The van der Waals surface area contributed by atoms with Gasteiger partial charge in [0.2, 0.25) is 0 Å². The molecule has 2 aromatic heterocycles. The summed E-state index contributed by atoms with van der Waals surface area (Å²) in [5.41, 5.74) is 1.52. The number of nitrogens with zero attached hydrogens (tertiary/aromatic N) is 5. The third-order valence-electron chi connectivity index (χ3n) is 3.04. The van der Waals surface area contributed by atoms with E-state index in [9.17, 15) is 4.79 Å². The highest BCUT2D eigenvalue weighted by atomic mass is 16.5. The molecule has 0 amide bonds. The number of imidazole rings is 1. The van der Waals surface area contributed by atoms with Crippen LogP contribution < -0.4 is 0 Å². The molecule has 2 rings (SSSR count). The highest BCUT2D eigenvalue weighted by molar-refractivity contribution is 5.93. The molecule has 8 nitrogen and oxygen atoms in total. The molecule has 0 saturated heterocycles. The third-order valence-corrected chi connectivity index (χ3v) is 3.04. The van der Waals surface area contributed by atoms with Crippen LogP contribution in [0.2, 0.25) is 0 Å². The first-order chi connectivity index (χ1) is 10.2. The van der Waals surface area contributed by atoms with E-state index in [2.05, 4.69) is 15.3 Å². The lowest BCUT2D eigenvalue weighted by molar-refractivity contribution is 0.0520. The molecule has 2 heterocycles. The van der Waals surface area contributed by atoms with E-state index in [1.807, 2.05) is 7.05 Å². The summed E-state index contributed by atoms with van der Waals surface area (Å²) in [7, 11) is 1.84. The van der Waals surface area contributed by atoms with E-state index >= 15 is 0 Å². The zero-order valence-electron chi connectivity index (χ0n) is 12.2. The Bertz CT molecular complexity index is 605. The van der Waals surface area contributed by atoms with Crippen molar-refractivity contribution in [3.05, 3.63) is 18.2 Å². The van der Waals surface area contributed by atoms with E-state index < -0.39 is 5.97 Å². The van der Waals surface area contributed by atoms with Crippen molar-refractivity contribution in [1.82, 2.24) is 24.5 Å². The molecule has 114 valence electrons. The second-order valence-electron chi connectivity index (χ2n) is 4.55. The number of hydrogen-bond acceptors (Lipinski definition) is 6. The summed E-state index contributed by atoms with van der Waals surface area (Å²) in [6, 6.07) is 0. The van der Waals surface area contributed by atoms with E-state index in [0.29, 0.717) is 18.7 Å². The fraction of sp³-hybridized carbons (Fsp3) is 0.538. The maximum atomic E-state index is 12.0. The minimum atomic E-state index is -0.498. The number of esters is 1. The van der Waals surface area contributed by atoms with Crippen molar-refractivity contribution in [3.8, 4) is 11.4 Å². The molecule has 0 spiro atoms. The van der Waals surface area contributed by atoms with Crippen LogP contribution in [0, 0.1) is 0 Å². The number of aliphatic hydroxyl groups excluding tert-OH is 1. The monoisotopic (exact) mass is 293 g/mol. The van der Waals surface area contributed by atoms with E-state index in [-0.39, 0.29) is 18.9 Å². The number of aryl methyl sites for hydroxylation is 2. The lowest BCUT2D eigenvalue weighted by atomic mass is 10.2. The predicted molar refractivity (Wildman–Crippen MR) is 74.5 cm³/mol. The van der Waals surface area contributed by atoms with Crippen LogP contribution >= 0.6 is 0 Å². The number of hydrogen-bond donors (Lipinski definition) is 1. The van der Waals surface area contributed by atoms with E-state index in [1.165, 1.54) is 0 Å². The van der Waals surface area contributed by atoms with Gasteiger partial charge in [0, 0.05) is 20.2 Å². The molecular weight excluding hydrogens is 274 g/mol. The van der Waals surface area contributed by atoms with Crippen LogP contribution in [0.15, 0.2) is 12.5 Å². The largest absolute Gasteiger partial charge is 0.461 e. The van der Waals surface area contributed by atoms with E-state index in [1.54, 1.807) is 28.7 Å². The highest BCUT2D eigenvalue weighted by Gasteiger charge is 2.23. The Morgan fingerprint density at radius 2 is 2.24 bits per heavy atom. The SMILES string of the molecule is CCOC(=O)c1nnn(CCCCO)c1-c1cncn1C. The molecule has 0 aliphatic carbocycles. The molecular formula is C13H19N5O3. The van der Waals surface area contributed by atoms with Crippen molar-refractivity contribution < 1.29 is 14.6 Å². The zero-order valence-corrected chi connectivity index (χ0v) is 12.2. The number of unbranched alkanes of at least 4 members (excludes halogenated alkanes) is 1. The van der Waals surface area contributed by atoms with Crippen molar-refractivity contribution in [1.29, 1.82) is 0 Å². The van der Waals surface area contributed by atoms with Crippen molar-refractivity contribution in [3.63, 3.8) is 0 Å². The van der Waals surface area contributed by atoms with Gasteiger partial charge >= 0.3 is 5.97 Å². The summed E-state index contributed by atoms with van der Waals surface area (Å²) in [4.78, 5) is 16.1. The van der Waals surface area contributed by atoms with E-state index in [4.69, 9.17) is 9.84 Å². The highest BCUT2D eigenvalue weighted by Crippen LogP contribution is 2.22. The lowest BCUT2D eigenvalue weighted by Crippen LogP contribution is -2.10. The number of carbonyl (C=O) groups is 1. The van der Waals surface area contributed by atoms with E-state index in [0.717, 1.165) is 12.1 Å². The molecule has 0 aromatic carbocycles. The number of aliphatic hydroxyl groups is 1. The number of carbonyl (C=O) groups excluding carboxylic acids is 1. The summed E-state index contributed by atoms with van der Waals surface area (Å²) in [5.74, 6) is -0.498. The molecule has 8 heteroatoms. The van der Waals surface area contributed by atoms with Gasteiger partial charge < -0.3 is 14.4 Å². The average Bonchev–Trinajstić information content (AvgIpc) is 3.05. The predicted octanol–water partition coefficient (Wildman–Crippen LogP) is 0.628. The molecule has 0 aliphatic rings. The van der Waals surface area contributed by atoms with Crippen molar-refractivity contribution in [2.24, 2.45) is 7.05 Å². The van der Waals surface area contributed by atoms with Crippen LogP contribution in [0.3, 0.4) is 0 Å². The third kappa shape index (κ3) is 3.27. The van der Waals surface area contributed by atoms with Crippen LogP contribution in [-0.4, -0.2) is 48.8 Å². The Balaban J connectivity index is 2.38. The molecule has 0 aliphatic heterocycles. The molecule has 0 atom stereocenters. The van der Waals surface area contributed by atoms with Gasteiger partial charge in [-0.25, -0.2) is 14.5 Å². The standard InChI is InChI=1S/C13H19N5O3/c1-3-21-13(20)11-12(10-8-14-9-17(10)2)18(16-15-11)6-4-5-7-19/h8-9,19H,3-7H2,1-2H3. The van der Waals surface area contributed by atoms with Gasteiger partial charge in [-0.2, -0.15) is 0 Å². The van der Waals surface area contributed by atoms with Gasteiger partial charge in [0.25, 0.3) is 0 Å². The number of aromatic nitrogens is 5. The fourth-order valence-corrected chi connectivity index (χ4v) is 2.02. The molecule has 0 unspecified atom stereocenters. The van der Waals surface area contributed by atoms with Gasteiger partial charge in [0.05, 0.1) is 24.8 Å². The number of rotatable bonds is 7. The first-order valence-corrected chi connectivity index (χ1v) is 6.87. The molecule has 0 radical (unpaired) electrons. The van der Waals surface area contributed by atoms with Gasteiger partial charge in [-0.1, -0.05) is 5.21 Å². The summed E-state index contributed by atoms with van der Waals surface area (Å²) in [6.45, 7) is 2.71. The van der Waals surface area contributed by atoms with Crippen LogP contribution in [0.4, 0.5) is 0 Å². The normalized spacial score (nSPS) is 10.8. The summed E-state index contributed by atoms with van der Waals surface area (Å²) < 4.78 is 8.47. The maximum Gasteiger partial charge on any atom is 0.361 e. The molecule has 2 aromatic rings. The quantitative estimate of drug-likeness (QED) is 0.594. The van der Waals surface area contributed by atoms with Crippen molar-refractivity contribution in [2.75, 3.05) is 13.2 Å². The first-order valence-electron chi connectivity index (χ1n) is 6.87. The molecule has 0 fully saturated rings. The van der Waals surface area contributed by atoms with Gasteiger partial charge in [-0.3, -0.25) is 0 Å². The maximum absolute atomic E-state index is 12.0. The second-order valence-corrected chi connectivity index (χ2v) is 4.55. The van der Waals surface area contributed by atoms with Gasteiger partial charge in [-0.15, -0.1) is 5.10 Å². The molecule has 0 bridgehead atoms. The zero-order chi connectivity index (χ0) is 15.2. The smallest absolute Gasteiger partial charge is 0.361 e. The topological polar surface area (TPSA) is 95.1 Å². The summed E-state index contributed by atoms with van der Waals surface area (Å²) in [6.07, 6.45) is 4.71. The van der Waals surface area contributed by atoms with Gasteiger partial charge in [-0.05, 0) is 19.8 Å². The minimum absolute atomic E-state index is 0.125. The number of ether oxygens (including phenoxy) is 1. The van der Waals surface area contributed by atoms with Crippen LogP contribution in [-0.2, 0) is 18.3 Å². The van der Waals surface area contributed by atoms with Gasteiger partial charge in [0.1, 0.15) is 5.69 Å². The van der Waals surface area contributed by atoms with Crippen LogP contribution in [0.5, 0.6) is 0 Å². The average molecular weight is 293 g/mol. The van der Waals surface area contributed by atoms with Crippen LogP contribution in [0.25, 0.3) is 11.4 Å².